The highest BCUT2D eigenvalue weighted by atomic mass is 19.1. The molecule has 2 amide bonds. The summed E-state index contributed by atoms with van der Waals surface area (Å²) in [6.07, 6.45) is 2.30. The van der Waals surface area contributed by atoms with E-state index >= 15 is 0 Å². The smallest absolute Gasteiger partial charge is 0.238 e. The molecule has 3 aromatic rings. The molecule has 7 nitrogen and oxygen atoms in total. The third-order valence-corrected chi connectivity index (χ3v) is 5.38. The number of carbonyl (C=O) groups is 2. The van der Waals surface area contributed by atoms with Gasteiger partial charge in [-0.05, 0) is 36.4 Å². The van der Waals surface area contributed by atoms with Crippen molar-refractivity contribution in [1.29, 1.82) is 0 Å². The Morgan fingerprint density at radius 1 is 1.00 bits per heavy atom. The molecule has 2 heterocycles. The number of nitrogens with one attached hydrogen (secondary N) is 1. The van der Waals surface area contributed by atoms with E-state index in [0.717, 1.165) is 11.3 Å². The molecule has 0 radical (unpaired) electrons. The molecule has 2 aromatic carbocycles. The van der Waals surface area contributed by atoms with Crippen LogP contribution in [0.25, 0.3) is 11.3 Å². The van der Waals surface area contributed by atoms with E-state index in [1.165, 1.54) is 12.1 Å². The van der Waals surface area contributed by atoms with Gasteiger partial charge in [0.25, 0.3) is 0 Å². The maximum atomic E-state index is 13.1. The predicted octanol–water partition coefficient (Wildman–Crippen LogP) is 3.20. The number of aromatic nitrogens is 1. The highest BCUT2D eigenvalue weighted by Crippen LogP contribution is 2.21. The minimum Gasteiger partial charge on any atom is -0.441 e. The molecule has 0 spiro atoms. The minimum atomic E-state index is -0.309. The molecular formula is C24H25FN4O3. The normalized spacial score (nSPS) is 14.3. The van der Waals surface area contributed by atoms with Crippen molar-refractivity contribution in [3.63, 3.8) is 0 Å². The first-order chi connectivity index (χ1) is 15.6. The molecule has 8 heteroatoms. The first-order valence-electron chi connectivity index (χ1n) is 10.6. The van der Waals surface area contributed by atoms with Crippen LogP contribution in [-0.2, 0) is 16.0 Å². The number of nitrogens with zero attached hydrogens (tertiary/aromatic N) is 3. The number of para-hydroxylation sites is 1. The molecular weight excluding hydrogens is 411 g/mol. The molecule has 0 saturated carbocycles. The number of anilines is 1. The average molecular weight is 436 g/mol. The van der Waals surface area contributed by atoms with Crippen molar-refractivity contribution in [3.8, 4) is 11.3 Å². The van der Waals surface area contributed by atoms with Crippen molar-refractivity contribution in [2.45, 2.75) is 12.8 Å². The molecule has 1 aliphatic heterocycles. The van der Waals surface area contributed by atoms with Gasteiger partial charge in [-0.2, -0.15) is 0 Å². The Hall–Kier alpha value is -3.52. The fourth-order valence-corrected chi connectivity index (χ4v) is 3.63. The van der Waals surface area contributed by atoms with Crippen LogP contribution < -0.4 is 5.32 Å². The quantitative estimate of drug-likeness (QED) is 0.615. The van der Waals surface area contributed by atoms with Crippen LogP contribution in [0.2, 0.25) is 0 Å². The summed E-state index contributed by atoms with van der Waals surface area (Å²) < 4.78 is 18.8. The van der Waals surface area contributed by atoms with Gasteiger partial charge in [-0.25, -0.2) is 9.37 Å². The Bertz CT molecular complexity index is 1040. The third kappa shape index (κ3) is 5.79. The maximum absolute atomic E-state index is 13.1. The number of carbonyl (C=O) groups excluding carboxylic acids is 2. The van der Waals surface area contributed by atoms with Crippen molar-refractivity contribution in [2.24, 2.45) is 0 Å². The lowest BCUT2D eigenvalue weighted by Crippen LogP contribution is -2.50. The van der Waals surface area contributed by atoms with E-state index in [1.807, 2.05) is 40.1 Å². The zero-order valence-electron chi connectivity index (χ0n) is 17.7. The monoisotopic (exact) mass is 436 g/mol. The van der Waals surface area contributed by atoms with Crippen molar-refractivity contribution >= 4 is 17.5 Å². The molecule has 1 aliphatic rings. The largest absolute Gasteiger partial charge is 0.441 e. The lowest BCUT2D eigenvalue weighted by molar-refractivity contribution is -0.133. The van der Waals surface area contributed by atoms with E-state index < -0.39 is 0 Å². The molecule has 0 unspecified atom stereocenters. The van der Waals surface area contributed by atoms with Crippen LogP contribution in [0.4, 0.5) is 10.1 Å². The Morgan fingerprint density at radius 2 is 1.72 bits per heavy atom. The van der Waals surface area contributed by atoms with Crippen LogP contribution in [0, 0.1) is 5.82 Å². The lowest BCUT2D eigenvalue weighted by Gasteiger charge is -2.34. The highest BCUT2D eigenvalue weighted by molar-refractivity contribution is 5.92. The van der Waals surface area contributed by atoms with Gasteiger partial charge in [-0.15, -0.1) is 0 Å². The summed E-state index contributed by atoms with van der Waals surface area (Å²) in [6, 6.07) is 15.4. The third-order valence-electron chi connectivity index (χ3n) is 5.38. The first kappa shape index (κ1) is 21.7. The van der Waals surface area contributed by atoms with Crippen LogP contribution in [0.5, 0.6) is 0 Å². The fraction of sp³-hybridized carbons (Fsp3) is 0.292. The van der Waals surface area contributed by atoms with Gasteiger partial charge in [0.1, 0.15) is 5.82 Å². The standard InChI is InChI=1S/C24H25FN4O3/c25-19-8-6-18(7-9-19)21-16-26-23(32-21)10-11-24(31)29-14-12-28(13-15-29)17-22(30)27-20-4-2-1-3-5-20/h1-9,16H,10-15,17H2,(H,27,30). The molecule has 0 aliphatic carbocycles. The molecule has 4 rings (SSSR count). The summed E-state index contributed by atoms with van der Waals surface area (Å²) in [5.74, 6) is 0.705. The molecule has 1 aromatic heterocycles. The zero-order valence-corrected chi connectivity index (χ0v) is 17.7. The van der Waals surface area contributed by atoms with Crippen LogP contribution in [0.3, 0.4) is 0 Å². The average Bonchev–Trinajstić information content (AvgIpc) is 3.28. The van der Waals surface area contributed by atoms with Crippen molar-refractivity contribution in [3.05, 3.63) is 72.5 Å². The van der Waals surface area contributed by atoms with Crippen molar-refractivity contribution in [1.82, 2.24) is 14.8 Å². The maximum Gasteiger partial charge on any atom is 0.238 e. The number of halogens is 1. The number of amides is 2. The van der Waals surface area contributed by atoms with Gasteiger partial charge in [-0.3, -0.25) is 14.5 Å². The number of hydrogen-bond donors (Lipinski definition) is 1. The number of rotatable bonds is 7. The van der Waals surface area contributed by atoms with Crippen molar-refractivity contribution < 1.29 is 18.4 Å². The van der Waals surface area contributed by atoms with E-state index in [0.29, 0.717) is 57.2 Å². The van der Waals surface area contributed by atoms with E-state index in [9.17, 15) is 14.0 Å². The second-order valence-electron chi connectivity index (χ2n) is 7.70. The molecule has 1 fully saturated rings. The number of hydrogen-bond acceptors (Lipinski definition) is 5. The number of benzene rings is 2. The summed E-state index contributed by atoms with van der Waals surface area (Å²) in [6.45, 7) is 2.79. The second-order valence-corrected chi connectivity index (χ2v) is 7.70. The van der Waals surface area contributed by atoms with Crippen LogP contribution in [0.15, 0.2) is 65.2 Å². The van der Waals surface area contributed by atoms with Crippen LogP contribution >= 0.6 is 0 Å². The Balaban J connectivity index is 1.19. The Morgan fingerprint density at radius 3 is 2.44 bits per heavy atom. The summed E-state index contributed by atoms with van der Waals surface area (Å²) in [5, 5.41) is 2.88. The van der Waals surface area contributed by atoms with Crippen LogP contribution in [-0.4, -0.2) is 59.3 Å². The molecule has 0 atom stereocenters. The number of aryl methyl sites for hydroxylation is 1. The van der Waals surface area contributed by atoms with Gasteiger partial charge in [0.2, 0.25) is 11.8 Å². The zero-order chi connectivity index (χ0) is 22.3. The SMILES string of the molecule is O=C(CN1CCN(C(=O)CCc2ncc(-c3ccc(F)cc3)o2)CC1)Nc1ccccc1. The highest BCUT2D eigenvalue weighted by Gasteiger charge is 2.22. The lowest BCUT2D eigenvalue weighted by atomic mass is 10.2. The molecule has 0 bridgehead atoms. The topological polar surface area (TPSA) is 78.7 Å². The fourth-order valence-electron chi connectivity index (χ4n) is 3.63. The first-order valence-corrected chi connectivity index (χ1v) is 10.6. The van der Waals surface area contributed by atoms with E-state index in [2.05, 4.69) is 10.3 Å². The molecule has 166 valence electrons. The van der Waals surface area contributed by atoms with Gasteiger partial charge in [0.05, 0.1) is 12.7 Å². The number of oxazole rings is 1. The van der Waals surface area contributed by atoms with Crippen LogP contribution in [0.1, 0.15) is 12.3 Å². The minimum absolute atomic E-state index is 0.0416. The van der Waals surface area contributed by atoms with E-state index in [1.54, 1.807) is 18.3 Å². The summed E-state index contributed by atoms with van der Waals surface area (Å²) >= 11 is 0. The van der Waals surface area contributed by atoms with Crippen molar-refractivity contribution in [2.75, 3.05) is 38.0 Å². The van der Waals surface area contributed by atoms with Gasteiger partial charge in [0.15, 0.2) is 11.7 Å². The Kier molecular flexibility index (Phi) is 6.91. The summed E-state index contributed by atoms with van der Waals surface area (Å²) in [5.41, 5.74) is 1.52. The summed E-state index contributed by atoms with van der Waals surface area (Å²) in [7, 11) is 0. The second kappa shape index (κ2) is 10.2. The van der Waals surface area contributed by atoms with E-state index in [-0.39, 0.29) is 17.6 Å². The molecule has 1 N–H and O–H groups in total. The Labute approximate surface area is 185 Å². The molecule has 32 heavy (non-hydrogen) atoms. The van der Waals surface area contributed by atoms with Gasteiger partial charge < -0.3 is 14.6 Å². The number of piperazine rings is 1. The van der Waals surface area contributed by atoms with E-state index in [4.69, 9.17) is 4.42 Å². The molecule has 1 saturated heterocycles. The van der Waals surface area contributed by atoms with Gasteiger partial charge in [0, 0.05) is 50.3 Å². The van der Waals surface area contributed by atoms with Gasteiger partial charge >= 0.3 is 0 Å². The summed E-state index contributed by atoms with van der Waals surface area (Å²) in [4.78, 5) is 32.9. The predicted molar refractivity (Wildman–Crippen MR) is 118 cm³/mol. The van der Waals surface area contributed by atoms with Gasteiger partial charge in [-0.1, -0.05) is 18.2 Å².